The summed E-state index contributed by atoms with van der Waals surface area (Å²) < 4.78 is 7.08. The van der Waals surface area contributed by atoms with Gasteiger partial charge in [0.2, 0.25) is 5.91 Å². The number of primary amides is 1. The molecule has 0 unspecified atom stereocenters. The molecule has 0 aliphatic carbocycles. The molecule has 0 bridgehead atoms. The molecule has 7 nitrogen and oxygen atoms in total. The van der Waals surface area contributed by atoms with Crippen molar-refractivity contribution in [3.63, 3.8) is 0 Å². The maximum atomic E-state index is 12.0. The number of carbonyl (C=O) groups excluding carboxylic acids is 2. The molecular weight excluding hydrogens is 328 g/mol. The first-order valence-corrected chi connectivity index (χ1v) is 8.46. The summed E-state index contributed by atoms with van der Waals surface area (Å²) in [5.41, 5.74) is 7.96. The Kier molecular flexibility index (Phi) is 4.48. The molecule has 0 saturated heterocycles. The first-order chi connectivity index (χ1) is 11.5. The second-order valence-electron chi connectivity index (χ2n) is 5.54. The van der Waals surface area contributed by atoms with Crippen molar-refractivity contribution >= 4 is 29.4 Å². The SMILES string of the molecule is Cc1nn(C)c2c1[C@H](c1cccc(OCC(N)=O)c1)SCC(=O)N2. The van der Waals surface area contributed by atoms with E-state index in [1.165, 1.54) is 11.8 Å². The lowest BCUT2D eigenvalue weighted by Gasteiger charge is -2.16. The molecule has 1 aliphatic rings. The number of ether oxygens (including phenoxy) is 1. The standard InChI is InChI=1S/C16H18N4O3S/c1-9-14-15(24-8-13(22)18-16(14)20(2)19-9)10-4-3-5-11(6-10)23-7-12(17)21/h3-6,15H,7-8H2,1-2H3,(H2,17,21)(H,18,22)/t15-/m0/s1. The van der Waals surface area contributed by atoms with Gasteiger partial charge in [-0.15, -0.1) is 11.8 Å². The van der Waals surface area contributed by atoms with E-state index in [0.29, 0.717) is 11.5 Å². The van der Waals surface area contributed by atoms with Gasteiger partial charge in [0.15, 0.2) is 6.61 Å². The Bertz CT molecular complexity index is 803. The van der Waals surface area contributed by atoms with Crippen molar-refractivity contribution in [2.45, 2.75) is 12.2 Å². The van der Waals surface area contributed by atoms with E-state index in [1.54, 1.807) is 10.7 Å². The van der Waals surface area contributed by atoms with Gasteiger partial charge in [-0.2, -0.15) is 5.10 Å². The number of anilines is 1. The fraction of sp³-hybridized carbons (Fsp3) is 0.312. The second-order valence-corrected chi connectivity index (χ2v) is 6.63. The molecule has 1 atom stereocenters. The molecule has 8 heteroatoms. The minimum absolute atomic E-state index is 0.0483. The van der Waals surface area contributed by atoms with Crippen molar-refractivity contribution in [1.82, 2.24) is 9.78 Å². The molecule has 1 aromatic heterocycles. The number of nitrogens with zero attached hydrogens (tertiary/aromatic N) is 2. The van der Waals surface area contributed by atoms with Crippen molar-refractivity contribution in [2.75, 3.05) is 17.7 Å². The van der Waals surface area contributed by atoms with Crippen molar-refractivity contribution in [3.05, 3.63) is 41.1 Å². The minimum atomic E-state index is -0.524. The van der Waals surface area contributed by atoms with Gasteiger partial charge in [-0.05, 0) is 24.6 Å². The average Bonchev–Trinajstić information content (AvgIpc) is 2.72. The maximum Gasteiger partial charge on any atom is 0.255 e. The monoisotopic (exact) mass is 346 g/mol. The minimum Gasteiger partial charge on any atom is -0.484 e. The van der Waals surface area contributed by atoms with Gasteiger partial charge in [0.05, 0.1) is 16.7 Å². The van der Waals surface area contributed by atoms with Gasteiger partial charge in [-0.3, -0.25) is 14.3 Å². The number of aromatic nitrogens is 2. The van der Waals surface area contributed by atoms with Crippen LogP contribution in [0.4, 0.5) is 5.82 Å². The van der Waals surface area contributed by atoms with Crippen LogP contribution >= 0.6 is 11.8 Å². The predicted molar refractivity (Wildman–Crippen MR) is 92.0 cm³/mol. The third kappa shape index (κ3) is 3.23. The van der Waals surface area contributed by atoms with E-state index < -0.39 is 5.91 Å². The molecule has 2 heterocycles. The van der Waals surface area contributed by atoms with Crippen LogP contribution in [0.3, 0.4) is 0 Å². The molecule has 126 valence electrons. The molecule has 0 radical (unpaired) electrons. The van der Waals surface area contributed by atoms with E-state index in [2.05, 4.69) is 10.4 Å². The van der Waals surface area contributed by atoms with Crippen LogP contribution in [-0.4, -0.2) is 34.0 Å². The van der Waals surface area contributed by atoms with Gasteiger partial charge in [-0.1, -0.05) is 12.1 Å². The summed E-state index contributed by atoms with van der Waals surface area (Å²) in [6.07, 6.45) is 0. The lowest BCUT2D eigenvalue weighted by Crippen LogP contribution is -2.20. The van der Waals surface area contributed by atoms with E-state index in [9.17, 15) is 9.59 Å². The zero-order valence-corrected chi connectivity index (χ0v) is 14.2. The van der Waals surface area contributed by atoms with Crippen LogP contribution in [0, 0.1) is 6.92 Å². The second kappa shape index (κ2) is 6.56. The molecular formula is C16H18N4O3S. The number of fused-ring (bicyclic) bond motifs is 1. The van der Waals surface area contributed by atoms with Gasteiger partial charge < -0.3 is 15.8 Å². The molecule has 3 N–H and O–H groups in total. The Morgan fingerprint density at radius 2 is 2.33 bits per heavy atom. The summed E-state index contributed by atoms with van der Waals surface area (Å²) in [6, 6.07) is 7.47. The van der Waals surface area contributed by atoms with Crippen LogP contribution in [0.25, 0.3) is 0 Å². The van der Waals surface area contributed by atoms with Crippen LogP contribution in [0.2, 0.25) is 0 Å². The zero-order valence-electron chi connectivity index (χ0n) is 13.4. The van der Waals surface area contributed by atoms with Gasteiger partial charge in [-0.25, -0.2) is 0 Å². The summed E-state index contributed by atoms with van der Waals surface area (Å²) in [7, 11) is 1.81. The first-order valence-electron chi connectivity index (χ1n) is 7.41. The maximum absolute atomic E-state index is 12.0. The normalized spacial score (nSPS) is 16.9. The fourth-order valence-electron chi connectivity index (χ4n) is 2.73. The highest BCUT2D eigenvalue weighted by Gasteiger charge is 2.29. The largest absolute Gasteiger partial charge is 0.484 e. The lowest BCUT2D eigenvalue weighted by molar-refractivity contribution is -0.120. The number of benzene rings is 1. The zero-order chi connectivity index (χ0) is 17.3. The Hall–Kier alpha value is -2.48. The number of aryl methyl sites for hydroxylation is 2. The number of nitrogens with one attached hydrogen (secondary N) is 1. The van der Waals surface area contributed by atoms with Gasteiger partial charge in [0.1, 0.15) is 11.6 Å². The lowest BCUT2D eigenvalue weighted by atomic mass is 10.0. The van der Waals surface area contributed by atoms with Gasteiger partial charge in [0.25, 0.3) is 5.91 Å². The van der Waals surface area contributed by atoms with E-state index in [0.717, 1.165) is 22.6 Å². The molecule has 0 fully saturated rings. The summed E-state index contributed by atoms with van der Waals surface area (Å²) >= 11 is 1.54. The third-order valence-electron chi connectivity index (χ3n) is 3.71. The van der Waals surface area contributed by atoms with E-state index in [-0.39, 0.29) is 17.8 Å². The molecule has 3 rings (SSSR count). The number of carbonyl (C=O) groups is 2. The molecule has 1 aromatic carbocycles. The van der Waals surface area contributed by atoms with Crippen molar-refractivity contribution in [2.24, 2.45) is 12.8 Å². The summed E-state index contributed by atoms with van der Waals surface area (Å²) in [5, 5.41) is 7.29. The van der Waals surface area contributed by atoms with E-state index in [1.807, 2.05) is 32.2 Å². The molecule has 2 amide bonds. The Morgan fingerprint density at radius 1 is 1.54 bits per heavy atom. The van der Waals surface area contributed by atoms with Crippen molar-refractivity contribution in [3.8, 4) is 5.75 Å². The highest BCUT2D eigenvalue weighted by Crippen LogP contribution is 2.43. The summed E-state index contributed by atoms with van der Waals surface area (Å²) in [4.78, 5) is 22.9. The third-order valence-corrected chi connectivity index (χ3v) is 4.98. The first kappa shape index (κ1) is 16.4. The van der Waals surface area contributed by atoms with Crippen LogP contribution in [0.15, 0.2) is 24.3 Å². The number of hydrogen-bond acceptors (Lipinski definition) is 5. The Morgan fingerprint density at radius 3 is 3.08 bits per heavy atom. The Labute approximate surface area is 143 Å². The van der Waals surface area contributed by atoms with Crippen LogP contribution in [0.5, 0.6) is 5.75 Å². The smallest absolute Gasteiger partial charge is 0.255 e. The molecule has 2 aromatic rings. The van der Waals surface area contributed by atoms with Gasteiger partial charge in [0, 0.05) is 12.6 Å². The quantitative estimate of drug-likeness (QED) is 0.871. The van der Waals surface area contributed by atoms with Crippen LogP contribution in [0.1, 0.15) is 22.1 Å². The number of nitrogens with two attached hydrogens (primary N) is 1. The van der Waals surface area contributed by atoms with Crippen molar-refractivity contribution < 1.29 is 14.3 Å². The van der Waals surface area contributed by atoms with E-state index in [4.69, 9.17) is 10.5 Å². The number of thioether (sulfide) groups is 1. The Balaban J connectivity index is 1.99. The van der Waals surface area contributed by atoms with Gasteiger partial charge >= 0.3 is 0 Å². The summed E-state index contributed by atoms with van der Waals surface area (Å²) in [6.45, 7) is 1.76. The average molecular weight is 346 g/mol. The highest BCUT2D eigenvalue weighted by atomic mass is 32.2. The topological polar surface area (TPSA) is 99.2 Å². The molecule has 24 heavy (non-hydrogen) atoms. The highest BCUT2D eigenvalue weighted by molar-refractivity contribution is 8.00. The van der Waals surface area contributed by atoms with Crippen LogP contribution < -0.4 is 15.8 Å². The van der Waals surface area contributed by atoms with Crippen LogP contribution in [-0.2, 0) is 16.6 Å². The fourth-order valence-corrected chi connectivity index (χ4v) is 3.91. The predicted octanol–water partition coefficient (Wildman–Crippen LogP) is 1.37. The van der Waals surface area contributed by atoms with E-state index >= 15 is 0 Å². The summed E-state index contributed by atoms with van der Waals surface area (Å²) in [5.74, 6) is 1.07. The number of amides is 2. The number of rotatable bonds is 4. The van der Waals surface area contributed by atoms with Crippen molar-refractivity contribution in [1.29, 1.82) is 0 Å². The number of hydrogen-bond donors (Lipinski definition) is 2. The molecule has 1 aliphatic heterocycles. The molecule has 0 saturated carbocycles. The molecule has 0 spiro atoms.